The van der Waals surface area contributed by atoms with Crippen molar-refractivity contribution in [3.05, 3.63) is 23.8 Å². The standard InChI is InChI=1S/C14H16O5/c1-4-19-14(16)8-6-12(15)11-9-10(17-2)5-7-13(11)18-3/h5,7,9,12,15H,4H2,1-3H3. The smallest absolute Gasteiger partial charge is 0.384 e. The highest BCUT2D eigenvalue weighted by atomic mass is 16.5. The minimum Gasteiger partial charge on any atom is -0.497 e. The Labute approximate surface area is 112 Å². The van der Waals surface area contributed by atoms with Gasteiger partial charge in [-0.15, -0.1) is 0 Å². The molecular formula is C14H16O5. The first-order valence-electron chi connectivity index (χ1n) is 5.70. The first kappa shape index (κ1) is 14.9. The van der Waals surface area contributed by atoms with E-state index < -0.39 is 12.1 Å². The van der Waals surface area contributed by atoms with Gasteiger partial charge in [-0.1, -0.05) is 5.92 Å². The van der Waals surface area contributed by atoms with Crippen molar-refractivity contribution in [3.8, 4) is 23.3 Å². The Kier molecular flexibility index (Phi) is 5.71. The minimum atomic E-state index is -1.16. The Morgan fingerprint density at radius 2 is 2.11 bits per heavy atom. The van der Waals surface area contributed by atoms with Crippen molar-refractivity contribution >= 4 is 5.97 Å². The molecule has 0 aliphatic heterocycles. The highest BCUT2D eigenvalue weighted by Gasteiger charge is 2.12. The lowest BCUT2D eigenvalue weighted by Crippen LogP contribution is -2.03. The Hall–Kier alpha value is -2.19. The molecule has 0 amide bonds. The van der Waals surface area contributed by atoms with E-state index in [4.69, 9.17) is 9.47 Å². The molecule has 1 atom stereocenters. The molecule has 19 heavy (non-hydrogen) atoms. The summed E-state index contributed by atoms with van der Waals surface area (Å²) in [4.78, 5) is 11.1. The molecule has 0 bridgehead atoms. The van der Waals surface area contributed by atoms with Crippen LogP contribution in [0.1, 0.15) is 18.6 Å². The second-order valence-corrected chi connectivity index (χ2v) is 3.50. The van der Waals surface area contributed by atoms with Crippen molar-refractivity contribution < 1.29 is 24.1 Å². The monoisotopic (exact) mass is 264 g/mol. The van der Waals surface area contributed by atoms with Crippen molar-refractivity contribution in [2.45, 2.75) is 13.0 Å². The number of aliphatic hydroxyl groups excluding tert-OH is 1. The molecule has 1 unspecified atom stereocenters. The van der Waals surface area contributed by atoms with Crippen LogP contribution in [-0.4, -0.2) is 31.9 Å². The molecule has 0 radical (unpaired) electrons. The Balaban J connectivity index is 2.97. The van der Waals surface area contributed by atoms with Crippen molar-refractivity contribution in [2.24, 2.45) is 0 Å². The third-order valence-corrected chi connectivity index (χ3v) is 2.32. The number of rotatable bonds is 4. The summed E-state index contributed by atoms with van der Waals surface area (Å²) in [6.45, 7) is 1.92. The SMILES string of the molecule is CCOC(=O)C#CC(O)c1cc(OC)ccc1OC. The lowest BCUT2D eigenvalue weighted by molar-refractivity contribution is -0.136. The van der Waals surface area contributed by atoms with Crippen LogP contribution in [-0.2, 0) is 9.53 Å². The third-order valence-electron chi connectivity index (χ3n) is 2.32. The number of esters is 1. The first-order chi connectivity index (χ1) is 9.12. The number of hydrogen-bond donors (Lipinski definition) is 1. The zero-order valence-electron chi connectivity index (χ0n) is 11.1. The molecule has 0 fully saturated rings. The van der Waals surface area contributed by atoms with Crippen molar-refractivity contribution in [3.63, 3.8) is 0 Å². The van der Waals surface area contributed by atoms with E-state index >= 15 is 0 Å². The predicted molar refractivity (Wildman–Crippen MR) is 68.9 cm³/mol. The van der Waals surface area contributed by atoms with Crippen LogP contribution in [0.25, 0.3) is 0 Å². The van der Waals surface area contributed by atoms with Gasteiger partial charge in [0.05, 0.1) is 20.8 Å². The van der Waals surface area contributed by atoms with Crippen molar-refractivity contribution in [2.75, 3.05) is 20.8 Å². The normalized spacial score (nSPS) is 10.9. The van der Waals surface area contributed by atoms with Crippen LogP contribution in [0.5, 0.6) is 11.5 Å². The van der Waals surface area contributed by atoms with E-state index in [0.29, 0.717) is 17.1 Å². The molecule has 0 aliphatic carbocycles. The average Bonchev–Trinajstić information content (AvgIpc) is 2.44. The van der Waals surface area contributed by atoms with Gasteiger partial charge in [-0.25, -0.2) is 4.79 Å². The number of aliphatic hydroxyl groups is 1. The summed E-state index contributed by atoms with van der Waals surface area (Å²) in [7, 11) is 3.00. The summed E-state index contributed by atoms with van der Waals surface area (Å²) >= 11 is 0. The lowest BCUT2D eigenvalue weighted by Gasteiger charge is -2.11. The number of hydrogen-bond acceptors (Lipinski definition) is 5. The van der Waals surface area contributed by atoms with E-state index in [9.17, 15) is 9.90 Å². The van der Waals surface area contributed by atoms with Gasteiger partial charge in [-0.05, 0) is 25.1 Å². The molecule has 0 saturated carbocycles. The molecule has 0 aromatic heterocycles. The molecule has 1 aromatic rings. The largest absolute Gasteiger partial charge is 0.497 e. The van der Waals surface area contributed by atoms with E-state index in [-0.39, 0.29) is 6.61 Å². The van der Waals surface area contributed by atoms with Gasteiger partial charge < -0.3 is 19.3 Å². The number of methoxy groups -OCH3 is 2. The fourth-order valence-corrected chi connectivity index (χ4v) is 1.43. The third kappa shape index (κ3) is 4.19. The molecule has 5 nitrogen and oxygen atoms in total. The molecule has 102 valence electrons. The topological polar surface area (TPSA) is 65.0 Å². The summed E-state index contributed by atoms with van der Waals surface area (Å²) in [5.41, 5.74) is 0.429. The Bertz CT molecular complexity index is 498. The zero-order chi connectivity index (χ0) is 14.3. The van der Waals surface area contributed by atoms with Gasteiger partial charge in [0.1, 0.15) is 17.6 Å². The van der Waals surface area contributed by atoms with Gasteiger partial charge in [0.2, 0.25) is 0 Å². The summed E-state index contributed by atoms with van der Waals surface area (Å²) in [6, 6.07) is 4.96. The Morgan fingerprint density at radius 3 is 2.68 bits per heavy atom. The van der Waals surface area contributed by atoms with Crippen LogP contribution in [0.4, 0.5) is 0 Å². The van der Waals surface area contributed by atoms with Gasteiger partial charge in [0, 0.05) is 11.5 Å². The summed E-state index contributed by atoms with van der Waals surface area (Å²) in [5.74, 6) is 4.97. The van der Waals surface area contributed by atoms with Gasteiger partial charge in [0.15, 0.2) is 0 Å². The van der Waals surface area contributed by atoms with E-state index in [1.165, 1.54) is 14.2 Å². The predicted octanol–water partition coefficient (Wildman–Crippen LogP) is 1.30. The molecule has 1 rings (SSSR count). The molecule has 1 N–H and O–H groups in total. The quantitative estimate of drug-likeness (QED) is 0.504. The van der Waals surface area contributed by atoms with Gasteiger partial charge >= 0.3 is 5.97 Å². The number of carbonyl (C=O) groups is 1. The molecule has 0 aliphatic rings. The summed E-state index contributed by atoms with van der Waals surface area (Å²) < 4.78 is 14.8. The fraction of sp³-hybridized carbons (Fsp3) is 0.357. The maximum atomic E-state index is 11.1. The maximum absolute atomic E-state index is 11.1. The van der Waals surface area contributed by atoms with E-state index in [1.54, 1.807) is 25.1 Å². The van der Waals surface area contributed by atoms with Crippen LogP contribution in [0.2, 0.25) is 0 Å². The Morgan fingerprint density at radius 1 is 1.37 bits per heavy atom. The van der Waals surface area contributed by atoms with Gasteiger partial charge in [0.25, 0.3) is 0 Å². The van der Waals surface area contributed by atoms with Crippen LogP contribution in [0, 0.1) is 11.8 Å². The zero-order valence-corrected chi connectivity index (χ0v) is 11.1. The molecule has 1 aromatic carbocycles. The van der Waals surface area contributed by atoms with Crippen LogP contribution >= 0.6 is 0 Å². The summed E-state index contributed by atoms with van der Waals surface area (Å²) in [6.07, 6.45) is -1.16. The summed E-state index contributed by atoms with van der Waals surface area (Å²) in [5, 5.41) is 9.95. The maximum Gasteiger partial charge on any atom is 0.384 e. The van der Waals surface area contributed by atoms with Crippen LogP contribution in [0.15, 0.2) is 18.2 Å². The van der Waals surface area contributed by atoms with E-state index in [2.05, 4.69) is 16.6 Å². The molecule has 0 spiro atoms. The molecule has 0 heterocycles. The number of ether oxygens (including phenoxy) is 3. The van der Waals surface area contributed by atoms with Crippen molar-refractivity contribution in [1.82, 2.24) is 0 Å². The van der Waals surface area contributed by atoms with Crippen molar-refractivity contribution in [1.29, 1.82) is 0 Å². The number of benzene rings is 1. The minimum absolute atomic E-state index is 0.242. The lowest BCUT2D eigenvalue weighted by atomic mass is 10.1. The van der Waals surface area contributed by atoms with Gasteiger partial charge in [-0.3, -0.25) is 0 Å². The molecule has 5 heteroatoms. The van der Waals surface area contributed by atoms with E-state index in [1.807, 2.05) is 0 Å². The van der Waals surface area contributed by atoms with E-state index in [0.717, 1.165) is 0 Å². The highest BCUT2D eigenvalue weighted by molar-refractivity contribution is 5.88. The molecule has 0 saturated heterocycles. The fourth-order valence-electron chi connectivity index (χ4n) is 1.43. The first-order valence-corrected chi connectivity index (χ1v) is 5.70. The molecular weight excluding hydrogens is 248 g/mol. The van der Waals surface area contributed by atoms with Gasteiger partial charge in [-0.2, -0.15) is 0 Å². The van der Waals surface area contributed by atoms with Crippen LogP contribution < -0.4 is 9.47 Å². The highest BCUT2D eigenvalue weighted by Crippen LogP contribution is 2.28. The second-order valence-electron chi connectivity index (χ2n) is 3.50. The second kappa shape index (κ2) is 7.29. The number of carbonyl (C=O) groups excluding carboxylic acids is 1. The van der Waals surface area contributed by atoms with Crippen LogP contribution in [0.3, 0.4) is 0 Å². The average molecular weight is 264 g/mol.